The topological polar surface area (TPSA) is 52.0 Å². The van der Waals surface area contributed by atoms with Crippen LogP contribution < -0.4 is 9.80 Å². The van der Waals surface area contributed by atoms with E-state index in [9.17, 15) is 4.79 Å². The Hall–Kier alpha value is -2.57. The van der Waals surface area contributed by atoms with Crippen molar-refractivity contribution in [3.8, 4) is 0 Å². The Morgan fingerprint density at radius 3 is 1.87 bits per heavy atom. The first-order valence-electron chi connectivity index (χ1n) is 10.0. The number of nitrogens with zero attached hydrogens (tertiary/aromatic N) is 5. The SMILES string of the molecule is CN(C)c1ccc2cc3ccc(N(C)C)c(/C=N/N(CCCl)CCCl)c3nc2c1C=O. The average Bonchev–Trinajstić information content (AvgIpc) is 2.74. The Balaban J connectivity index is 2.29. The van der Waals surface area contributed by atoms with Crippen LogP contribution in [-0.4, -0.2) is 75.5 Å². The van der Waals surface area contributed by atoms with Gasteiger partial charge < -0.3 is 9.80 Å². The second-order valence-electron chi connectivity index (χ2n) is 7.61. The van der Waals surface area contributed by atoms with Crippen molar-refractivity contribution in [2.45, 2.75) is 0 Å². The molecule has 0 amide bonds. The van der Waals surface area contributed by atoms with E-state index in [4.69, 9.17) is 28.2 Å². The first-order valence-corrected chi connectivity index (χ1v) is 11.1. The second-order valence-corrected chi connectivity index (χ2v) is 8.37. The molecule has 164 valence electrons. The number of pyridine rings is 1. The van der Waals surface area contributed by atoms with Gasteiger partial charge in [0.15, 0.2) is 6.29 Å². The first kappa shape index (κ1) is 23.1. The number of fused-ring (bicyclic) bond motifs is 2. The number of anilines is 2. The van der Waals surface area contributed by atoms with E-state index in [1.54, 1.807) is 0 Å². The summed E-state index contributed by atoms with van der Waals surface area (Å²) in [5.41, 5.74) is 4.75. The Kier molecular flexibility index (Phi) is 7.57. The molecule has 0 fully saturated rings. The first-order chi connectivity index (χ1) is 14.9. The summed E-state index contributed by atoms with van der Waals surface area (Å²) in [5, 5.41) is 8.38. The summed E-state index contributed by atoms with van der Waals surface area (Å²) < 4.78 is 0. The van der Waals surface area contributed by atoms with Gasteiger partial charge in [0.05, 0.1) is 22.8 Å². The highest BCUT2D eigenvalue weighted by atomic mass is 35.5. The second kappa shape index (κ2) is 10.2. The fourth-order valence-electron chi connectivity index (χ4n) is 3.58. The normalized spacial score (nSPS) is 11.4. The summed E-state index contributed by atoms with van der Waals surface area (Å²) in [6, 6.07) is 10.1. The minimum atomic E-state index is 0.462. The van der Waals surface area contributed by atoms with Crippen LogP contribution in [0.4, 0.5) is 11.4 Å². The fraction of sp³-hybridized carbons (Fsp3) is 0.348. The van der Waals surface area contributed by atoms with Crippen LogP contribution in [0.1, 0.15) is 15.9 Å². The van der Waals surface area contributed by atoms with Gasteiger partial charge in [-0.3, -0.25) is 9.80 Å². The lowest BCUT2D eigenvalue weighted by Gasteiger charge is -2.20. The third-order valence-electron chi connectivity index (χ3n) is 5.10. The third-order valence-corrected chi connectivity index (χ3v) is 5.44. The molecule has 3 aromatic rings. The molecule has 2 aromatic carbocycles. The summed E-state index contributed by atoms with van der Waals surface area (Å²) in [7, 11) is 7.80. The Morgan fingerprint density at radius 2 is 1.39 bits per heavy atom. The molecule has 1 aromatic heterocycles. The Morgan fingerprint density at radius 1 is 0.871 bits per heavy atom. The summed E-state index contributed by atoms with van der Waals surface area (Å²) in [6.45, 7) is 1.20. The molecule has 8 heteroatoms. The molecule has 0 saturated heterocycles. The highest BCUT2D eigenvalue weighted by Gasteiger charge is 2.15. The van der Waals surface area contributed by atoms with Gasteiger partial charge in [-0.25, -0.2) is 4.98 Å². The maximum atomic E-state index is 12.0. The Labute approximate surface area is 193 Å². The van der Waals surface area contributed by atoms with Gasteiger partial charge in [-0.1, -0.05) is 12.1 Å². The molecule has 0 aliphatic carbocycles. The van der Waals surface area contributed by atoms with Crippen LogP contribution >= 0.6 is 23.2 Å². The van der Waals surface area contributed by atoms with E-state index in [1.165, 1.54) is 0 Å². The number of rotatable bonds is 9. The maximum absolute atomic E-state index is 12.0. The molecule has 0 unspecified atom stereocenters. The van der Waals surface area contributed by atoms with Gasteiger partial charge >= 0.3 is 0 Å². The fourth-order valence-corrected chi connectivity index (χ4v) is 3.97. The summed E-state index contributed by atoms with van der Waals surface area (Å²) in [6.07, 6.45) is 2.69. The van der Waals surface area contributed by atoms with E-state index in [2.05, 4.69) is 17.2 Å². The predicted octanol–water partition coefficient (Wildman–Crippen LogP) is 4.45. The van der Waals surface area contributed by atoms with Gasteiger partial charge in [0.2, 0.25) is 0 Å². The standard InChI is InChI=1S/C23H27Cl2N5O/c1-28(2)20-7-5-16-13-17-6-8-21(29(3)4)19(15-31)23(17)27-22(16)18(20)14-26-30(11-9-24)12-10-25/h5-8,13-15H,9-12H2,1-4H3/b26-14+. The molecule has 0 bridgehead atoms. The lowest BCUT2D eigenvalue weighted by atomic mass is 10.0. The van der Waals surface area contributed by atoms with Crippen molar-refractivity contribution in [2.75, 3.05) is 62.8 Å². The molecule has 0 aliphatic rings. The predicted molar refractivity (Wildman–Crippen MR) is 134 cm³/mol. The minimum absolute atomic E-state index is 0.462. The van der Waals surface area contributed by atoms with Gasteiger partial charge in [-0.05, 0) is 18.2 Å². The summed E-state index contributed by atoms with van der Waals surface area (Å²) in [5.74, 6) is 0.923. The molecule has 0 N–H and O–H groups in total. The monoisotopic (exact) mass is 459 g/mol. The van der Waals surface area contributed by atoms with E-state index in [0.29, 0.717) is 35.9 Å². The molecular formula is C23H27Cl2N5O. The van der Waals surface area contributed by atoms with Crippen LogP contribution in [0, 0.1) is 0 Å². The van der Waals surface area contributed by atoms with E-state index in [-0.39, 0.29) is 0 Å². The molecule has 31 heavy (non-hydrogen) atoms. The maximum Gasteiger partial charge on any atom is 0.154 e. The lowest BCUT2D eigenvalue weighted by molar-refractivity contribution is 0.112. The zero-order valence-corrected chi connectivity index (χ0v) is 19.8. The van der Waals surface area contributed by atoms with Crippen molar-refractivity contribution in [3.05, 3.63) is 41.5 Å². The molecule has 1 heterocycles. The van der Waals surface area contributed by atoms with Gasteiger partial charge in [-0.2, -0.15) is 5.10 Å². The van der Waals surface area contributed by atoms with Crippen LogP contribution in [0.5, 0.6) is 0 Å². The molecule has 0 spiro atoms. The molecule has 3 rings (SSSR count). The van der Waals surface area contributed by atoms with Gasteiger partial charge in [0.25, 0.3) is 0 Å². The zero-order chi connectivity index (χ0) is 22.5. The average molecular weight is 460 g/mol. The number of aromatic nitrogens is 1. The summed E-state index contributed by atoms with van der Waals surface area (Å²) >= 11 is 11.8. The van der Waals surface area contributed by atoms with E-state index in [0.717, 1.165) is 39.5 Å². The largest absolute Gasteiger partial charge is 0.377 e. The third kappa shape index (κ3) is 4.86. The van der Waals surface area contributed by atoms with Crippen molar-refractivity contribution >= 4 is 68.9 Å². The Bertz CT molecular complexity index is 1110. The van der Waals surface area contributed by atoms with Crippen LogP contribution in [0.2, 0.25) is 0 Å². The molecule has 0 radical (unpaired) electrons. The smallest absolute Gasteiger partial charge is 0.154 e. The number of hydrogen-bond donors (Lipinski definition) is 0. The van der Waals surface area contributed by atoms with E-state index in [1.807, 2.05) is 67.4 Å². The van der Waals surface area contributed by atoms with Crippen molar-refractivity contribution in [1.29, 1.82) is 0 Å². The van der Waals surface area contributed by atoms with Crippen molar-refractivity contribution in [2.24, 2.45) is 5.10 Å². The molecule has 6 nitrogen and oxygen atoms in total. The number of halogens is 2. The highest BCUT2D eigenvalue weighted by molar-refractivity contribution is 6.18. The number of carbonyl (C=O) groups excluding carboxylic acids is 1. The van der Waals surface area contributed by atoms with Gasteiger partial charge in [0, 0.05) is 80.8 Å². The zero-order valence-electron chi connectivity index (χ0n) is 18.3. The van der Waals surface area contributed by atoms with E-state index < -0.39 is 0 Å². The molecule has 0 aliphatic heterocycles. The van der Waals surface area contributed by atoms with Crippen molar-refractivity contribution in [3.63, 3.8) is 0 Å². The quantitative estimate of drug-likeness (QED) is 0.155. The minimum Gasteiger partial charge on any atom is -0.377 e. The van der Waals surface area contributed by atoms with Crippen LogP contribution in [0.15, 0.2) is 35.4 Å². The van der Waals surface area contributed by atoms with E-state index >= 15 is 0 Å². The van der Waals surface area contributed by atoms with Crippen molar-refractivity contribution in [1.82, 2.24) is 9.99 Å². The number of carbonyl (C=O) groups is 1. The molecule has 0 saturated carbocycles. The number of alkyl halides is 2. The van der Waals surface area contributed by atoms with Crippen LogP contribution in [0.3, 0.4) is 0 Å². The number of hydrogen-bond acceptors (Lipinski definition) is 6. The number of hydrazone groups is 1. The number of benzene rings is 2. The molecular weight excluding hydrogens is 433 g/mol. The van der Waals surface area contributed by atoms with Crippen molar-refractivity contribution < 1.29 is 4.79 Å². The van der Waals surface area contributed by atoms with Gasteiger partial charge in [-0.15, -0.1) is 23.2 Å². The van der Waals surface area contributed by atoms with Crippen LogP contribution in [0.25, 0.3) is 21.8 Å². The van der Waals surface area contributed by atoms with Gasteiger partial charge in [0.1, 0.15) is 0 Å². The summed E-state index contributed by atoms with van der Waals surface area (Å²) in [4.78, 5) is 20.9. The van der Waals surface area contributed by atoms with Crippen LogP contribution in [-0.2, 0) is 0 Å². The highest BCUT2D eigenvalue weighted by Crippen LogP contribution is 2.31. The number of aldehydes is 1. The molecule has 0 atom stereocenters. The lowest BCUT2D eigenvalue weighted by Crippen LogP contribution is -2.22.